The summed E-state index contributed by atoms with van der Waals surface area (Å²) in [5.74, 6) is 0. The molecule has 4 N–H and O–H groups in total. The standard InChI is InChI=1S/C5H5ClN4OS2/c6-3-2(13-5(11)9-3)1-8-10-4(7)12/h1H,(H,9,11)(H3,7,10,12)/b8-1-. The van der Waals surface area contributed by atoms with Crippen LogP contribution in [0.1, 0.15) is 4.88 Å². The van der Waals surface area contributed by atoms with Gasteiger partial charge in [-0.3, -0.25) is 10.2 Å². The third-order valence-corrected chi connectivity index (χ3v) is 2.31. The summed E-state index contributed by atoms with van der Waals surface area (Å²) in [7, 11) is 0. The molecule has 1 aromatic rings. The molecule has 0 aliphatic heterocycles. The molecule has 0 saturated carbocycles. The highest BCUT2D eigenvalue weighted by Crippen LogP contribution is 2.11. The lowest BCUT2D eigenvalue weighted by molar-refractivity contribution is 1.04. The van der Waals surface area contributed by atoms with Gasteiger partial charge in [-0.1, -0.05) is 22.9 Å². The van der Waals surface area contributed by atoms with Gasteiger partial charge in [0.25, 0.3) is 0 Å². The zero-order valence-corrected chi connectivity index (χ0v) is 8.59. The molecule has 0 radical (unpaired) electrons. The zero-order chi connectivity index (χ0) is 9.84. The molecule has 0 bridgehead atoms. The maximum absolute atomic E-state index is 10.8. The number of hydrogen-bond donors (Lipinski definition) is 3. The Bertz CT molecular complexity index is 395. The molecule has 0 spiro atoms. The van der Waals surface area contributed by atoms with Gasteiger partial charge in [0.2, 0.25) is 0 Å². The largest absolute Gasteiger partial charge is 0.375 e. The molecule has 0 fully saturated rings. The number of nitrogens with zero attached hydrogens (tertiary/aromatic N) is 1. The lowest BCUT2D eigenvalue weighted by Gasteiger charge is -1.91. The van der Waals surface area contributed by atoms with E-state index in [1.165, 1.54) is 6.21 Å². The predicted octanol–water partition coefficient (Wildman–Crippen LogP) is 0.257. The molecule has 0 aliphatic carbocycles. The average molecular weight is 237 g/mol. The third-order valence-electron chi connectivity index (χ3n) is 0.987. The minimum atomic E-state index is -0.234. The van der Waals surface area contributed by atoms with Gasteiger partial charge >= 0.3 is 4.87 Å². The topological polar surface area (TPSA) is 83.3 Å². The zero-order valence-electron chi connectivity index (χ0n) is 6.20. The summed E-state index contributed by atoms with van der Waals surface area (Å²) in [5, 5.41) is 3.95. The van der Waals surface area contributed by atoms with Gasteiger partial charge in [-0.25, -0.2) is 0 Å². The molecular weight excluding hydrogens is 232 g/mol. The smallest absolute Gasteiger partial charge is 0.306 e. The minimum Gasteiger partial charge on any atom is -0.375 e. The van der Waals surface area contributed by atoms with Crippen molar-refractivity contribution in [3.63, 3.8) is 0 Å². The Morgan fingerprint density at radius 1 is 1.85 bits per heavy atom. The Kier molecular flexibility index (Phi) is 3.40. The molecule has 0 amide bonds. The first-order valence-corrected chi connectivity index (χ1v) is 4.67. The Hall–Kier alpha value is -0.920. The number of rotatable bonds is 2. The lowest BCUT2D eigenvalue weighted by atomic mass is 10.6. The number of hydrogen-bond acceptors (Lipinski definition) is 4. The molecule has 1 rings (SSSR count). The van der Waals surface area contributed by atoms with Crippen molar-refractivity contribution in [2.24, 2.45) is 10.8 Å². The van der Waals surface area contributed by atoms with Crippen molar-refractivity contribution < 1.29 is 0 Å². The first-order chi connectivity index (χ1) is 6.09. The van der Waals surface area contributed by atoms with E-state index in [0.717, 1.165) is 11.3 Å². The van der Waals surface area contributed by atoms with Crippen LogP contribution in [0.15, 0.2) is 9.90 Å². The van der Waals surface area contributed by atoms with Gasteiger partial charge in [-0.2, -0.15) is 5.10 Å². The van der Waals surface area contributed by atoms with Crippen LogP contribution in [0.2, 0.25) is 5.15 Å². The Balaban J connectivity index is 2.74. The molecule has 1 aromatic heterocycles. The van der Waals surface area contributed by atoms with Gasteiger partial charge in [0, 0.05) is 0 Å². The summed E-state index contributed by atoms with van der Waals surface area (Å²) in [6, 6.07) is 0. The fourth-order valence-electron chi connectivity index (χ4n) is 0.559. The van der Waals surface area contributed by atoms with Crippen molar-refractivity contribution in [2.75, 3.05) is 0 Å². The van der Waals surface area contributed by atoms with E-state index in [-0.39, 0.29) is 15.1 Å². The number of thiazole rings is 1. The van der Waals surface area contributed by atoms with E-state index in [9.17, 15) is 4.79 Å². The maximum Gasteiger partial charge on any atom is 0.306 e. The SMILES string of the molecule is NC(=S)N/N=C\c1sc(=O)[nH]c1Cl. The highest BCUT2D eigenvalue weighted by molar-refractivity contribution is 7.80. The van der Waals surface area contributed by atoms with E-state index < -0.39 is 0 Å². The summed E-state index contributed by atoms with van der Waals surface area (Å²) in [5.41, 5.74) is 7.45. The molecule has 70 valence electrons. The van der Waals surface area contributed by atoms with Crippen molar-refractivity contribution in [3.8, 4) is 0 Å². The molecule has 0 saturated heterocycles. The first-order valence-electron chi connectivity index (χ1n) is 3.06. The van der Waals surface area contributed by atoms with Gasteiger partial charge in [0.15, 0.2) is 5.11 Å². The van der Waals surface area contributed by atoms with Gasteiger partial charge < -0.3 is 10.7 Å². The predicted molar refractivity (Wildman–Crippen MR) is 57.5 cm³/mol. The van der Waals surface area contributed by atoms with Crippen LogP contribution in [0.5, 0.6) is 0 Å². The molecule has 0 atom stereocenters. The van der Waals surface area contributed by atoms with Gasteiger partial charge in [-0.15, -0.1) is 0 Å². The number of aromatic amines is 1. The number of nitrogens with one attached hydrogen (secondary N) is 2. The highest BCUT2D eigenvalue weighted by Gasteiger charge is 2.01. The summed E-state index contributed by atoms with van der Waals surface area (Å²) in [6.45, 7) is 0. The number of thiocarbonyl (C=S) groups is 1. The van der Waals surface area contributed by atoms with Crippen molar-refractivity contribution in [2.45, 2.75) is 0 Å². The Morgan fingerprint density at radius 2 is 2.54 bits per heavy atom. The van der Waals surface area contributed by atoms with E-state index in [1.807, 2.05) is 0 Å². The Labute approximate surface area is 87.6 Å². The number of aromatic nitrogens is 1. The number of nitrogens with two attached hydrogens (primary N) is 1. The van der Waals surface area contributed by atoms with Crippen LogP contribution >= 0.6 is 35.2 Å². The van der Waals surface area contributed by atoms with Crippen LogP contribution in [0.3, 0.4) is 0 Å². The van der Waals surface area contributed by atoms with Crippen molar-refractivity contribution in [1.82, 2.24) is 10.4 Å². The second kappa shape index (κ2) is 4.35. The van der Waals surface area contributed by atoms with E-state index in [1.54, 1.807) is 0 Å². The summed E-state index contributed by atoms with van der Waals surface area (Å²) < 4.78 is 0. The molecule has 8 heteroatoms. The molecule has 13 heavy (non-hydrogen) atoms. The second-order valence-corrected chi connectivity index (χ2v) is 3.76. The van der Waals surface area contributed by atoms with Crippen LogP contribution < -0.4 is 16.0 Å². The van der Waals surface area contributed by atoms with E-state index >= 15 is 0 Å². The van der Waals surface area contributed by atoms with Crippen molar-refractivity contribution in [1.29, 1.82) is 0 Å². The van der Waals surface area contributed by atoms with Crippen molar-refractivity contribution >= 4 is 46.5 Å². The normalized spacial score (nSPS) is 10.5. The number of hydrazone groups is 1. The molecule has 0 aliphatic rings. The summed E-state index contributed by atoms with van der Waals surface area (Å²) in [4.78, 5) is 13.4. The Morgan fingerprint density at radius 3 is 3.00 bits per heavy atom. The average Bonchev–Trinajstić information content (AvgIpc) is 2.29. The monoisotopic (exact) mass is 236 g/mol. The second-order valence-electron chi connectivity index (χ2n) is 1.93. The number of H-pyrrole nitrogens is 1. The molecule has 0 aromatic carbocycles. The van der Waals surface area contributed by atoms with Gasteiger partial charge in [-0.05, 0) is 12.2 Å². The van der Waals surface area contributed by atoms with Crippen LogP contribution in [0, 0.1) is 0 Å². The van der Waals surface area contributed by atoms with Crippen LogP contribution in [0.4, 0.5) is 0 Å². The summed E-state index contributed by atoms with van der Waals surface area (Å²) in [6.07, 6.45) is 1.37. The van der Waals surface area contributed by atoms with Gasteiger partial charge in [0.05, 0.1) is 11.1 Å². The minimum absolute atomic E-state index is 0.0512. The summed E-state index contributed by atoms with van der Waals surface area (Å²) >= 11 is 11.1. The van der Waals surface area contributed by atoms with Crippen LogP contribution in [-0.4, -0.2) is 16.3 Å². The van der Waals surface area contributed by atoms with Crippen LogP contribution in [0.25, 0.3) is 0 Å². The maximum atomic E-state index is 10.8. The highest BCUT2D eigenvalue weighted by atomic mass is 35.5. The first kappa shape index (κ1) is 10.2. The van der Waals surface area contributed by atoms with Gasteiger partial charge in [0.1, 0.15) is 5.15 Å². The quantitative estimate of drug-likeness (QED) is 0.391. The fourth-order valence-corrected chi connectivity index (χ4v) is 1.52. The third kappa shape index (κ3) is 3.13. The number of halogens is 1. The van der Waals surface area contributed by atoms with E-state index in [2.05, 4.69) is 27.7 Å². The van der Waals surface area contributed by atoms with E-state index in [0.29, 0.717) is 4.88 Å². The molecule has 0 unspecified atom stereocenters. The molecular formula is C5H5ClN4OS2. The fraction of sp³-hybridized carbons (Fsp3) is 0. The molecule has 1 heterocycles. The lowest BCUT2D eigenvalue weighted by Crippen LogP contribution is -2.23. The molecule has 5 nitrogen and oxygen atoms in total. The van der Waals surface area contributed by atoms with Crippen LogP contribution in [-0.2, 0) is 0 Å². The van der Waals surface area contributed by atoms with Crippen molar-refractivity contribution in [3.05, 3.63) is 19.7 Å². The van der Waals surface area contributed by atoms with E-state index in [4.69, 9.17) is 17.3 Å².